The maximum absolute atomic E-state index is 11.8. The second-order valence-electron chi connectivity index (χ2n) is 1.88. The first-order chi connectivity index (χ1) is 4.72. The van der Waals surface area contributed by atoms with Crippen LogP contribution in [0.4, 0.5) is 8.78 Å². The van der Waals surface area contributed by atoms with E-state index in [2.05, 4.69) is 4.42 Å². The molecular formula is C6H7F2NO. The Morgan fingerprint density at radius 1 is 1.50 bits per heavy atom. The highest BCUT2D eigenvalue weighted by Gasteiger charge is 2.19. The fraction of sp³-hybridized carbons (Fsp3) is 0.333. The van der Waals surface area contributed by atoms with Gasteiger partial charge in [-0.15, -0.1) is 0 Å². The monoisotopic (exact) mass is 147 g/mol. The van der Waals surface area contributed by atoms with Gasteiger partial charge < -0.3 is 10.2 Å². The molecule has 4 heteroatoms. The molecule has 0 bridgehead atoms. The minimum absolute atomic E-state index is 0.120. The van der Waals surface area contributed by atoms with Crippen LogP contribution in [-0.2, 0) is 0 Å². The van der Waals surface area contributed by atoms with Crippen molar-refractivity contribution < 1.29 is 13.2 Å². The van der Waals surface area contributed by atoms with Crippen molar-refractivity contribution in [2.75, 3.05) is 0 Å². The van der Waals surface area contributed by atoms with E-state index in [1.165, 1.54) is 18.4 Å². The topological polar surface area (TPSA) is 39.2 Å². The summed E-state index contributed by atoms with van der Waals surface area (Å²) >= 11 is 0. The van der Waals surface area contributed by atoms with Gasteiger partial charge in [0, 0.05) is 0 Å². The summed E-state index contributed by atoms with van der Waals surface area (Å²) in [5.41, 5.74) is 5.04. The minimum atomic E-state index is -2.56. The fourth-order valence-corrected chi connectivity index (χ4v) is 0.605. The van der Waals surface area contributed by atoms with Crippen LogP contribution in [0.25, 0.3) is 0 Å². The summed E-state index contributed by atoms with van der Waals surface area (Å²) in [5, 5.41) is 0. The maximum atomic E-state index is 11.8. The van der Waals surface area contributed by atoms with Gasteiger partial charge in [0.25, 0.3) is 6.43 Å². The van der Waals surface area contributed by atoms with Crippen molar-refractivity contribution in [2.24, 2.45) is 5.73 Å². The molecule has 0 aromatic carbocycles. The van der Waals surface area contributed by atoms with Crippen molar-refractivity contribution in [3.63, 3.8) is 0 Å². The largest absolute Gasteiger partial charge is 0.467 e. The summed E-state index contributed by atoms with van der Waals surface area (Å²) in [6, 6.07) is 1.66. The van der Waals surface area contributed by atoms with Crippen LogP contribution in [-0.4, -0.2) is 6.43 Å². The molecule has 1 heterocycles. The Kier molecular flexibility index (Phi) is 2.01. The van der Waals surface area contributed by atoms with Crippen molar-refractivity contribution in [3.8, 4) is 0 Å². The normalized spacial score (nSPS) is 14.0. The summed E-state index contributed by atoms with van der Waals surface area (Å²) in [6.45, 7) is 0. The average molecular weight is 147 g/mol. The lowest BCUT2D eigenvalue weighted by Crippen LogP contribution is -2.17. The standard InChI is InChI=1S/C6H7F2NO/c7-6(8)5(9)4-2-1-3-10-4/h1-3,5-6H,9H2. The van der Waals surface area contributed by atoms with Gasteiger partial charge in [0.2, 0.25) is 0 Å². The molecule has 56 valence electrons. The number of hydrogen-bond donors (Lipinski definition) is 1. The first-order valence-corrected chi connectivity index (χ1v) is 2.79. The molecule has 2 nitrogen and oxygen atoms in total. The van der Waals surface area contributed by atoms with Gasteiger partial charge in [-0.3, -0.25) is 0 Å². The van der Waals surface area contributed by atoms with Crippen LogP contribution in [0.15, 0.2) is 22.8 Å². The Labute approximate surface area is 56.6 Å². The molecule has 0 saturated carbocycles. The van der Waals surface area contributed by atoms with E-state index < -0.39 is 12.5 Å². The minimum Gasteiger partial charge on any atom is -0.467 e. The fourth-order valence-electron chi connectivity index (χ4n) is 0.605. The predicted molar refractivity (Wildman–Crippen MR) is 31.6 cm³/mol. The van der Waals surface area contributed by atoms with Crippen molar-refractivity contribution in [3.05, 3.63) is 24.2 Å². The Bertz CT molecular complexity index is 186. The third kappa shape index (κ3) is 1.33. The van der Waals surface area contributed by atoms with E-state index >= 15 is 0 Å². The molecule has 0 aliphatic rings. The molecule has 0 aliphatic heterocycles. The van der Waals surface area contributed by atoms with Crippen LogP contribution >= 0.6 is 0 Å². The average Bonchev–Trinajstić information content (AvgIpc) is 2.36. The summed E-state index contributed by atoms with van der Waals surface area (Å²) in [5.74, 6) is 0.120. The van der Waals surface area contributed by atoms with Crippen molar-refractivity contribution in [2.45, 2.75) is 12.5 Å². The lowest BCUT2D eigenvalue weighted by atomic mass is 10.2. The summed E-state index contributed by atoms with van der Waals surface area (Å²) < 4.78 is 28.3. The highest BCUT2D eigenvalue weighted by Crippen LogP contribution is 2.17. The Hall–Kier alpha value is -0.900. The molecule has 0 radical (unpaired) electrons. The van der Waals surface area contributed by atoms with E-state index in [1.54, 1.807) is 0 Å². The van der Waals surface area contributed by atoms with E-state index in [1.807, 2.05) is 0 Å². The maximum Gasteiger partial charge on any atom is 0.260 e. The predicted octanol–water partition coefficient (Wildman–Crippen LogP) is 1.54. The van der Waals surface area contributed by atoms with Crippen LogP contribution < -0.4 is 5.73 Å². The van der Waals surface area contributed by atoms with E-state index in [0.29, 0.717) is 0 Å². The zero-order valence-electron chi connectivity index (χ0n) is 5.13. The van der Waals surface area contributed by atoms with Crippen molar-refractivity contribution in [1.82, 2.24) is 0 Å². The van der Waals surface area contributed by atoms with E-state index in [0.717, 1.165) is 0 Å². The third-order valence-corrected chi connectivity index (χ3v) is 1.14. The molecule has 0 fully saturated rings. The van der Waals surface area contributed by atoms with Gasteiger partial charge in [-0.1, -0.05) is 0 Å². The molecule has 0 saturated heterocycles. The van der Waals surface area contributed by atoms with Crippen molar-refractivity contribution >= 4 is 0 Å². The molecule has 0 amide bonds. The van der Waals surface area contributed by atoms with E-state index in [9.17, 15) is 8.78 Å². The molecular weight excluding hydrogens is 140 g/mol. The number of halogens is 2. The summed E-state index contributed by atoms with van der Waals surface area (Å²) in [6.07, 6.45) is -1.25. The van der Waals surface area contributed by atoms with Gasteiger partial charge in [-0.05, 0) is 12.1 Å². The zero-order chi connectivity index (χ0) is 7.56. The van der Waals surface area contributed by atoms with Crippen LogP contribution in [0.5, 0.6) is 0 Å². The second kappa shape index (κ2) is 2.79. The highest BCUT2D eigenvalue weighted by atomic mass is 19.3. The van der Waals surface area contributed by atoms with Gasteiger partial charge in [0.1, 0.15) is 11.8 Å². The van der Waals surface area contributed by atoms with Gasteiger partial charge in [0.05, 0.1) is 6.26 Å². The van der Waals surface area contributed by atoms with E-state index in [4.69, 9.17) is 5.73 Å². The van der Waals surface area contributed by atoms with Gasteiger partial charge in [-0.25, -0.2) is 8.78 Å². The lowest BCUT2D eigenvalue weighted by molar-refractivity contribution is 0.106. The molecule has 10 heavy (non-hydrogen) atoms. The Morgan fingerprint density at radius 2 is 2.20 bits per heavy atom. The molecule has 0 spiro atoms. The number of hydrogen-bond acceptors (Lipinski definition) is 2. The highest BCUT2D eigenvalue weighted by molar-refractivity contribution is 5.03. The molecule has 1 rings (SSSR count). The van der Waals surface area contributed by atoms with Gasteiger partial charge in [-0.2, -0.15) is 0 Å². The Balaban J connectivity index is 2.68. The first kappa shape index (κ1) is 7.21. The van der Waals surface area contributed by atoms with Crippen LogP contribution in [0.2, 0.25) is 0 Å². The molecule has 1 aromatic heterocycles. The number of rotatable bonds is 2. The number of furan rings is 1. The lowest BCUT2D eigenvalue weighted by Gasteiger charge is -2.04. The third-order valence-electron chi connectivity index (χ3n) is 1.14. The van der Waals surface area contributed by atoms with Crippen LogP contribution in [0.3, 0.4) is 0 Å². The van der Waals surface area contributed by atoms with Crippen LogP contribution in [0, 0.1) is 0 Å². The number of nitrogens with two attached hydrogens (primary N) is 1. The summed E-state index contributed by atoms with van der Waals surface area (Å²) in [4.78, 5) is 0. The molecule has 1 atom stereocenters. The van der Waals surface area contributed by atoms with Crippen LogP contribution in [0.1, 0.15) is 11.8 Å². The second-order valence-corrected chi connectivity index (χ2v) is 1.88. The molecule has 2 N–H and O–H groups in total. The SMILES string of the molecule is NC(c1ccco1)C(F)F. The van der Waals surface area contributed by atoms with Crippen molar-refractivity contribution in [1.29, 1.82) is 0 Å². The van der Waals surface area contributed by atoms with E-state index in [-0.39, 0.29) is 5.76 Å². The molecule has 1 unspecified atom stereocenters. The smallest absolute Gasteiger partial charge is 0.260 e. The zero-order valence-corrected chi connectivity index (χ0v) is 5.13. The Morgan fingerprint density at radius 3 is 2.60 bits per heavy atom. The number of alkyl halides is 2. The summed E-state index contributed by atoms with van der Waals surface area (Å²) in [7, 11) is 0. The molecule has 1 aromatic rings. The van der Waals surface area contributed by atoms with Gasteiger partial charge in [0.15, 0.2) is 0 Å². The molecule has 0 aliphatic carbocycles. The first-order valence-electron chi connectivity index (χ1n) is 2.79. The van der Waals surface area contributed by atoms with Gasteiger partial charge >= 0.3 is 0 Å². The quantitative estimate of drug-likeness (QED) is 0.689.